The van der Waals surface area contributed by atoms with Crippen LogP contribution in [0.15, 0.2) is 12.2 Å². The number of carbonyl (C=O) groups is 1. The maximum absolute atomic E-state index is 10.9. The van der Waals surface area contributed by atoms with Crippen molar-refractivity contribution in [3.63, 3.8) is 0 Å². The molecule has 1 saturated heterocycles. The molecule has 4 heteroatoms. The highest BCUT2D eigenvalue weighted by molar-refractivity contribution is 5.71. The predicted molar refractivity (Wildman–Crippen MR) is 85.7 cm³/mol. The van der Waals surface area contributed by atoms with Crippen LogP contribution in [0, 0.1) is 11.8 Å². The van der Waals surface area contributed by atoms with Crippen molar-refractivity contribution in [2.45, 2.75) is 51.4 Å². The lowest BCUT2D eigenvalue weighted by Gasteiger charge is -2.10. The number of carbonyl (C=O) groups excluding carboxylic acids is 1. The average Bonchev–Trinajstić information content (AvgIpc) is 3.09. The number of rotatable bonds is 11. The first-order chi connectivity index (χ1) is 10.7. The first-order valence-electron chi connectivity index (χ1n) is 8.72. The molecule has 0 bridgehead atoms. The van der Waals surface area contributed by atoms with Crippen LogP contribution in [0.2, 0.25) is 0 Å². The topological polar surface area (TPSA) is 44.8 Å². The highest BCUT2D eigenvalue weighted by Gasteiger charge is 2.23. The van der Waals surface area contributed by atoms with Gasteiger partial charge in [-0.2, -0.15) is 0 Å². The Kier molecular flexibility index (Phi) is 7.95. The van der Waals surface area contributed by atoms with E-state index in [1.807, 2.05) is 0 Å². The number of unbranched alkanes of at least 4 members (excludes halogenated alkanes) is 3. The van der Waals surface area contributed by atoms with Gasteiger partial charge >= 0.3 is 5.97 Å². The van der Waals surface area contributed by atoms with Crippen molar-refractivity contribution in [2.24, 2.45) is 11.8 Å². The summed E-state index contributed by atoms with van der Waals surface area (Å²) >= 11 is 0. The summed E-state index contributed by atoms with van der Waals surface area (Å²) in [6.45, 7) is 7.80. The molecular weight excluding hydrogens is 280 g/mol. The molecule has 1 saturated carbocycles. The van der Waals surface area contributed by atoms with Crippen molar-refractivity contribution in [1.82, 2.24) is 0 Å². The number of cyclic esters (lactones) is 1. The molecule has 0 aromatic heterocycles. The van der Waals surface area contributed by atoms with Crippen LogP contribution in [-0.4, -0.2) is 39.0 Å². The van der Waals surface area contributed by atoms with Gasteiger partial charge in [-0.3, -0.25) is 4.79 Å². The van der Waals surface area contributed by atoms with Gasteiger partial charge in [0.1, 0.15) is 0 Å². The minimum atomic E-state index is -0.0875. The van der Waals surface area contributed by atoms with E-state index in [9.17, 15) is 4.79 Å². The fraction of sp³-hybridized carbons (Fsp3) is 0.833. The molecule has 0 amide bonds. The van der Waals surface area contributed by atoms with Gasteiger partial charge in [0.2, 0.25) is 0 Å². The summed E-state index contributed by atoms with van der Waals surface area (Å²) in [5.41, 5.74) is 1.39. The second-order valence-corrected chi connectivity index (χ2v) is 6.68. The smallest absolute Gasteiger partial charge is 0.306 e. The summed E-state index contributed by atoms with van der Waals surface area (Å²) in [7, 11) is 0. The molecule has 2 fully saturated rings. The molecule has 22 heavy (non-hydrogen) atoms. The zero-order valence-corrected chi connectivity index (χ0v) is 13.7. The van der Waals surface area contributed by atoms with E-state index in [-0.39, 0.29) is 11.9 Å². The number of hydrogen-bond donors (Lipinski definition) is 0. The van der Waals surface area contributed by atoms with Gasteiger partial charge in [0.25, 0.3) is 0 Å². The predicted octanol–water partition coefficient (Wildman–Crippen LogP) is 3.50. The molecule has 1 heterocycles. The molecule has 1 aliphatic carbocycles. The molecule has 2 atom stereocenters. The largest absolute Gasteiger partial charge is 0.465 e. The van der Waals surface area contributed by atoms with E-state index in [1.54, 1.807) is 0 Å². The van der Waals surface area contributed by atoms with Crippen molar-refractivity contribution < 1.29 is 19.0 Å². The van der Waals surface area contributed by atoms with Crippen LogP contribution in [0.1, 0.15) is 51.4 Å². The van der Waals surface area contributed by atoms with Crippen molar-refractivity contribution in [2.75, 3.05) is 33.0 Å². The number of esters is 1. The van der Waals surface area contributed by atoms with Crippen molar-refractivity contribution in [1.29, 1.82) is 0 Å². The lowest BCUT2D eigenvalue weighted by Crippen LogP contribution is -2.10. The summed E-state index contributed by atoms with van der Waals surface area (Å²) in [5, 5.41) is 0. The summed E-state index contributed by atoms with van der Waals surface area (Å²) in [6.07, 6.45) is 8.74. The van der Waals surface area contributed by atoms with E-state index in [0.29, 0.717) is 25.6 Å². The average molecular weight is 310 g/mol. The molecule has 2 rings (SSSR count). The van der Waals surface area contributed by atoms with Crippen LogP contribution in [0.5, 0.6) is 0 Å². The van der Waals surface area contributed by atoms with Gasteiger partial charge < -0.3 is 14.2 Å². The standard InChI is InChI=1S/C18H30O4/c1-15-6-7-16(10-15)12-20-8-4-2-3-5-9-21-13-17-11-18(19)22-14-17/h16-17H,1-14H2. The lowest BCUT2D eigenvalue weighted by molar-refractivity contribution is -0.137. The Morgan fingerprint density at radius 3 is 2.23 bits per heavy atom. The van der Waals surface area contributed by atoms with E-state index in [0.717, 1.165) is 39.1 Å². The molecule has 0 aromatic rings. The van der Waals surface area contributed by atoms with Gasteiger partial charge in [-0.25, -0.2) is 0 Å². The zero-order valence-electron chi connectivity index (χ0n) is 13.7. The Hall–Kier alpha value is -0.870. The monoisotopic (exact) mass is 310 g/mol. The molecule has 0 radical (unpaired) electrons. The van der Waals surface area contributed by atoms with Gasteiger partial charge in [-0.1, -0.05) is 25.0 Å². The molecule has 1 aliphatic heterocycles. The van der Waals surface area contributed by atoms with Gasteiger partial charge in [-0.15, -0.1) is 0 Å². The van der Waals surface area contributed by atoms with Gasteiger partial charge in [0.15, 0.2) is 0 Å². The van der Waals surface area contributed by atoms with Crippen LogP contribution in [0.4, 0.5) is 0 Å². The molecule has 126 valence electrons. The quantitative estimate of drug-likeness (QED) is 0.333. The van der Waals surface area contributed by atoms with Crippen LogP contribution in [0.3, 0.4) is 0 Å². The Labute approximate surface area is 134 Å². The van der Waals surface area contributed by atoms with Crippen LogP contribution in [-0.2, 0) is 19.0 Å². The number of ether oxygens (including phenoxy) is 3. The Morgan fingerprint density at radius 1 is 1.00 bits per heavy atom. The summed E-state index contributed by atoms with van der Waals surface area (Å²) in [5.74, 6) is 0.899. The van der Waals surface area contributed by atoms with Gasteiger partial charge in [0, 0.05) is 25.7 Å². The second-order valence-electron chi connectivity index (χ2n) is 6.68. The summed E-state index contributed by atoms with van der Waals surface area (Å²) in [6, 6.07) is 0. The van der Waals surface area contributed by atoms with Crippen LogP contribution < -0.4 is 0 Å². The molecule has 0 aromatic carbocycles. The minimum Gasteiger partial charge on any atom is -0.465 e. The van der Waals surface area contributed by atoms with Crippen LogP contribution in [0.25, 0.3) is 0 Å². The van der Waals surface area contributed by atoms with E-state index in [2.05, 4.69) is 6.58 Å². The molecule has 2 aliphatic rings. The number of allylic oxidation sites excluding steroid dienone is 1. The van der Waals surface area contributed by atoms with Crippen LogP contribution >= 0.6 is 0 Å². The Balaban J connectivity index is 1.30. The van der Waals surface area contributed by atoms with E-state index in [4.69, 9.17) is 14.2 Å². The highest BCUT2D eigenvalue weighted by atomic mass is 16.5. The molecule has 2 unspecified atom stereocenters. The van der Waals surface area contributed by atoms with Crippen molar-refractivity contribution in [3.05, 3.63) is 12.2 Å². The zero-order chi connectivity index (χ0) is 15.6. The van der Waals surface area contributed by atoms with Gasteiger partial charge in [0.05, 0.1) is 19.6 Å². The fourth-order valence-corrected chi connectivity index (χ4v) is 3.10. The van der Waals surface area contributed by atoms with Crippen molar-refractivity contribution >= 4 is 5.97 Å². The lowest BCUT2D eigenvalue weighted by atomic mass is 10.1. The molecule has 4 nitrogen and oxygen atoms in total. The Morgan fingerprint density at radius 2 is 1.68 bits per heavy atom. The van der Waals surface area contributed by atoms with E-state index < -0.39 is 0 Å². The molecule has 0 N–H and O–H groups in total. The SMILES string of the molecule is C=C1CCC(COCCCCCCOCC2COC(=O)C2)C1. The summed E-state index contributed by atoms with van der Waals surface area (Å²) < 4.78 is 16.3. The van der Waals surface area contributed by atoms with Gasteiger partial charge in [-0.05, 0) is 38.0 Å². The minimum absolute atomic E-state index is 0.0875. The van der Waals surface area contributed by atoms with E-state index >= 15 is 0 Å². The van der Waals surface area contributed by atoms with E-state index in [1.165, 1.54) is 31.3 Å². The fourth-order valence-electron chi connectivity index (χ4n) is 3.10. The second kappa shape index (κ2) is 10.0. The number of hydrogen-bond acceptors (Lipinski definition) is 4. The molecular formula is C18H30O4. The third kappa shape index (κ3) is 6.93. The maximum Gasteiger partial charge on any atom is 0.306 e. The maximum atomic E-state index is 10.9. The molecule has 0 spiro atoms. The first-order valence-corrected chi connectivity index (χ1v) is 8.72. The van der Waals surface area contributed by atoms with Crippen molar-refractivity contribution in [3.8, 4) is 0 Å². The summed E-state index contributed by atoms with van der Waals surface area (Å²) in [4.78, 5) is 10.9. The Bertz CT molecular complexity index is 319. The normalized spacial score (nSPS) is 24.9. The third-order valence-electron chi connectivity index (χ3n) is 4.45. The third-order valence-corrected chi connectivity index (χ3v) is 4.45. The first kappa shape index (κ1) is 17.5. The highest BCUT2D eigenvalue weighted by Crippen LogP contribution is 2.28.